The van der Waals surface area contributed by atoms with Gasteiger partial charge in [0.2, 0.25) is 5.91 Å². The van der Waals surface area contributed by atoms with Gasteiger partial charge >= 0.3 is 0 Å². The van der Waals surface area contributed by atoms with Crippen molar-refractivity contribution in [3.63, 3.8) is 0 Å². The number of nitrogens with one attached hydrogen (secondary N) is 1. The Balaban J connectivity index is 1.43. The topological polar surface area (TPSA) is 77.2 Å². The zero-order chi connectivity index (χ0) is 15.0. The fourth-order valence-electron chi connectivity index (χ4n) is 2.88. The van der Waals surface area contributed by atoms with Gasteiger partial charge in [-0.05, 0) is 20.3 Å². The summed E-state index contributed by atoms with van der Waals surface area (Å²) in [6, 6.07) is -0.218. The van der Waals surface area contributed by atoms with Crippen molar-refractivity contribution < 1.29 is 9.53 Å². The summed E-state index contributed by atoms with van der Waals surface area (Å²) in [4.78, 5) is 18.0. The number of amides is 1. The van der Waals surface area contributed by atoms with Crippen LogP contribution in [-0.2, 0) is 16.0 Å². The molecule has 1 fully saturated rings. The van der Waals surface area contributed by atoms with E-state index in [1.54, 1.807) is 11.3 Å². The summed E-state index contributed by atoms with van der Waals surface area (Å²) < 4.78 is 5.60. The number of nitrogens with zero attached hydrogens (tertiary/aromatic N) is 1. The second kappa shape index (κ2) is 5.87. The number of aromatic nitrogens is 1. The number of rotatable bonds is 5. The summed E-state index contributed by atoms with van der Waals surface area (Å²) in [7, 11) is 0. The van der Waals surface area contributed by atoms with E-state index in [-0.39, 0.29) is 30.1 Å². The maximum atomic E-state index is 12.2. The molecule has 0 aromatic carbocycles. The Kier molecular flexibility index (Phi) is 4.10. The number of carbonyl (C=O) groups excluding carboxylic acids is 1. The summed E-state index contributed by atoms with van der Waals surface area (Å²) in [5.74, 6) is -0.241. The van der Waals surface area contributed by atoms with E-state index in [2.05, 4.69) is 17.2 Å². The normalized spacial score (nSPS) is 30.0. The third-order valence-electron chi connectivity index (χ3n) is 4.19. The quantitative estimate of drug-likeness (QED) is 0.630. The molecule has 2 aliphatic heterocycles. The number of thiazole rings is 1. The first-order valence-electron chi connectivity index (χ1n) is 7.36. The number of ether oxygens (including phenoxy) is 1. The molecule has 6 heteroatoms. The molecule has 1 saturated heterocycles. The molecule has 0 unspecified atom stereocenters. The molecule has 0 saturated carbocycles. The first kappa shape index (κ1) is 14.7. The van der Waals surface area contributed by atoms with E-state index >= 15 is 0 Å². The van der Waals surface area contributed by atoms with E-state index in [0.717, 1.165) is 23.5 Å². The van der Waals surface area contributed by atoms with Crippen molar-refractivity contribution in [1.29, 1.82) is 0 Å². The van der Waals surface area contributed by atoms with E-state index in [4.69, 9.17) is 10.5 Å². The molecule has 2 bridgehead atoms. The molecule has 21 heavy (non-hydrogen) atoms. The van der Waals surface area contributed by atoms with Gasteiger partial charge in [-0.1, -0.05) is 12.2 Å². The zero-order valence-corrected chi connectivity index (χ0v) is 13.2. The van der Waals surface area contributed by atoms with Crippen LogP contribution >= 0.6 is 11.3 Å². The van der Waals surface area contributed by atoms with Crippen LogP contribution in [-0.4, -0.2) is 35.7 Å². The summed E-state index contributed by atoms with van der Waals surface area (Å²) >= 11 is 1.74. The Morgan fingerprint density at radius 2 is 2.19 bits per heavy atom. The van der Waals surface area contributed by atoms with Crippen molar-refractivity contribution in [2.24, 2.45) is 11.7 Å². The molecule has 5 nitrogen and oxygen atoms in total. The van der Waals surface area contributed by atoms with Gasteiger partial charge in [0.15, 0.2) is 0 Å². The lowest BCUT2D eigenvalue weighted by molar-refractivity contribution is -0.126. The van der Waals surface area contributed by atoms with Gasteiger partial charge in [0, 0.05) is 23.9 Å². The maximum Gasteiger partial charge on any atom is 0.227 e. The van der Waals surface area contributed by atoms with Crippen LogP contribution in [0.3, 0.4) is 0 Å². The molecule has 1 aromatic heterocycles. The molecule has 3 N–H and O–H groups in total. The Labute approximate surface area is 128 Å². The van der Waals surface area contributed by atoms with Crippen molar-refractivity contribution in [2.45, 2.75) is 44.9 Å². The predicted octanol–water partition coefficient (Wildman–Crippen LogP) is 1.09. The van der Waals surface area contributed by atoms with Gasteiger partial charge in [0.05, 0.1) is 28.8 Å². The van der Waals surface area contributed by atoms with Gasteiger partial charge in [-0.15, -0.1) is 11.3 Å². The monoisotopic (exact) mass is 307 g/mol. The van der Waals surface area contributed by atoms with Crippen LogP contribution in [0.2, 0.25) is 0 Å². The number of hydrogen-bond donors (Lipinski definition) is 2. The molecule has 114 valence electrons. The van der Waals surface area contributed by atoms with E-state index in [0.29, 0.717) is 6.54 Å². The third kappa shape index (κ3) is 2.88. The van der Waals surface area contributed by atoms with Gasteiger partial charge in [-0.2, -0.15) is 0 Å². The number of hydrogen-bond acceptors (Lipinski definition) is 5. The van der Waals surface area contributed by atoms with Crippen LogP contribution in [0.1, 0.15) is 22.0 Å². The van der Waals surface area contributed by atoms with Crippen molar-refractivity contribution in [2.75, 3.05) is 6.54 Å². The number of carbonyl (C=O) groups is 1. The maximum absolute atomic E-state index is 12.2. The molecule has 0 spiro atoms. The lowest BCUT2D eigenvalue weighted by Gasteiger charge is -2.20. The van der Waals surface area contributed by atoms with Gasteiger partial charge in [0.1, 0.15) is 0 Å². The number of fused-ring (bicyclic) bond motifs is 2. The highest BCUT2D eigenvalue weighted by atomic mass is 32.1. The zero-order valence-electron chi connectivity index (χ0n) is 12.3. The van der Waals surface area contributed by atoms with E-state index in [9.17, 15) is 4.79 Å². The Bertz CT molecular complexity index is 550. The summed E-state index contributed by atoms with van der Waals surface area (Å²) in [6.07, 6.45) is 5.45. The van der Waals surface area contributed by atoms with E-state index < -0.39 is 0 Å². The first-order valence-corrected chi connectivity index (χ1v) is 8.18. The van der Waals surface area contributed by atoms with E-state index in [1.165, 1.54) is 4.88 Å². The fourth-order valence-corrected chi connectivity index (χ4v) is 3.85. The third-order valence-corrected chi connectivity index (χ3v) is 5.33. The number of nitrogens with two attached hydrogens (primary N) is 1. The van der Waals surface area contributed by atoms with Crippen molar-refractivity contribution in [1.82, 2.24) is 10.3 Å². The molecule has 2 aliphatic rings. The van der Waals surface area contributed by atoms with E-state index in [1.807, 2.05) is 19.1 Å². The molecule has 4 atom stereocenters. The summed E-state index contributed by atoms with van der Waals surface area (Å²) in [6.45, 7) is 4.77. The summed E-state index contributed by atoms with van der Waals surface area (Å²) in [5, 5.41) is 4.12. The number of aryl methyl sites for hydroxylation is 3. The van der Waals surface area contributed by atoms with Crippen LogP contribution in [0.4, 0.5) is 0 Å². The predicted molar refractivity (Wildman–Crippen MR) is 82.2 cm³/mol. The average molecular weight is 307 g/mol. The van der Waals surface area contributed by atoms with Crippen LogP contribution in [0, 0.1) is 19.8 Å². The van der Waals surface area contributed by atoms with Gasteiger partial charge < -0.3 is 15.8 Å². The highest BCUT2D eigenvalue weighted by molar-refractivity contribution is 7.11. The summed E-state index contributed by atoms with van der Waals surface area (Å²) in [5.41, 5.74) is 7.14. The van der Waals surface area contributed by atoms with Gasteiger partial charge in [-0.25, -0.2) is 4.98 Å². The highest BCUT2D eigenvalue weighted by Gasteiger charge is 2.47. The van der Waals surface area contributed by atoms with Gasteiger partial charge in [-0.3, -0.25) is 4.79 Å². The Hall–Kier alpha value is -1.24. The molecule has 3 rings (SSSR count). The average Bonchev–Trinajstić information content (AvgIpc) is 3.11. The Morgan fingerprint density at radius 3 is 2.81 bits per heavy atom. The molecule has 3 heterocycles. The second-order valence-corrected chi connectivity index (χ2v) is 6.98. The first-order chi connectivity index (χ1) is 10.1. The molecule has 0 aliphatic carbocycles. The molecule has 1 amide bonds. The molecule has 1 aromatic rings. The van der Waals surface area contributed by atoms with Crippen molar-refractivity contribution in [3.8, 4) is 0 Å². The highest BCUT2D eigenvalue weighted by Crippen LogP contribution is 2.32. The lowest BCUT2D eigenvalue weighted by Crippen LogP contribution is -2.46. The van der Waals surface area contributed by atoms with Crippen LogP contribution in [0.25, 0.3) is 0 Å². The van der Waals surface area contributed by atoms with Gasteiger partial charge in [0.25, 0.3) is 0 Å². The minimum atomic E-state index is -0.246. The minimum Gasteiger partial charge on any atom is -0.364 e. The fraction of sp³-hybridized carbons (Fsp3) is 0.600. The molecule has 0 radical (unpaired) electrons. The van der Waals surface area contributed by atoms with Crippen LogP contribution in [0.15, 0.2) is 12.2 Å². The standard InChI is InChI=1S/C15H21N3O2S/c1-8-9(2)21-12(18-8)4-3-7-17-15(19)13-10-5-6-11(20-10)14(13)16/h5-6,10-11,13-14H,3-4,7,16H2,1-2H3,(H,17,19)/t10-,11+,13-,14+/m0/s1. The van der Waals surface area contributed by atoms with Crippen molar-refractivity contribution >= 4 is 17.2 Å². The molecular weight excluding hydrogens is 286 g/mol. The molecular formula is C15H21N3O2S. The SMILES string of the molecule is Cc1nc(CCCNC(=O)[C@@H]2[C@H](N)[C@H]3C=C[C@@H]2O3)sc1C. The lowest BCUT2D eigenvalue weighted by atomic mass is 9.89. The smallest absolute Gasteiger partial charge is 0.227 e. The van der Waals surface area contributed by atoms with Crippen LogP contribution in [0.5, 0.6) is 0 Å². The second-order valence-electron chi connectivity index (χ2n) is 5.70. The van der Waals surface area contributed by atoms with Crippen LogP contribution < -0.4 is 11.1 Å². The minimum absolute atomic E-state index is 0.00542. The largest absolute Gasteiger partial charge is 0.364 e. The Morgan fingerprint density at radius 1 is 1.43 bits per heavy atom. The van der Waals surface area contributed by atoms with Crippen molar-refractivity contribution in [3.05, 3.63) is 27.7 Å².